The van der Waals surface area contributed by atoms with Crippen molar-refractivity contribution < 1.29 is 23.7 Å². The third-order valence-electron chi connectivity index (χ3n) is 6.52. The molecule has 8 heteroatoms. The standard InChI is InChI=1S/C30H24N4O4/c1-34-18-23(21-14-15-31-27(21)30(34)36)22-12-13-24-28(29(22)37-20-10-6-3-7-11-20)33-26(38-24)17-32-25(35)16-19-8-4-2-5-9-19/h2-15,18,27H,16-17H2,1H3,(H,32,35)/p+1. The zero-order valence-corrected chi connectivity index (χ0v) is 20.7. The summed E-state index contributed by atoms with van der Waals surface area (Å²) in [5.41, 5.74) is 4.50. The molecule has 2 amide bonds. The first-order valence-corrected chi connectivity index (χ1v) is 12.3. The van der Waals surface area contributed by atoms with E-state index < -0.39 is 6.04 Å². The van der Waals surface area contributed by atoms with E-state index in [1.165, 1.54) is 0 Å². The molecule has 0 saturated carbocycles. The highest BCUT2D eigenvalue weighted by Gasteiger charge is 2.39. The van der Waals surface area contributed by atoms with Crippen molar-refractivity contribution in [1.29, 1.82) is 0 Å². The summed E-state index contributed by atoms with van der Waals surface area (Å²) in [6.07, 6.45) is 5.78. The minimum atomic E-state index is -0.451. The molecule has 3 heterocycles. The molecule has 0 bridgehead atoms. The van der Waals surface area contributed by atoms with Crippen molar-refractivity contribution in [3.05, 3.63) is 108 Å². The molecular formula is C30H25N4O4+. The number of rotatable bonds is 7. The largest absolute Gasteiger partial charge is 0.454 e. The van der Waals surface area contributed by atoms with Crippen LogP contribution in [-0.2, 0) is 22.6 Å². The second-order valence-electron chi connectivity index (χ2n) is 9.13. The number of nitrogens with zero attached hydrogens (tertiary/aromatic N) is 2. The fourth-order valence-corrected chi connectivity index (χ4v) is 4.66. The first-order chi connectivity index (χ1) is 18.6. The van der Waals surface area contributed by atoms with E-state index in [9.17, 15) is 9.59 Å². The monoisotopic (exact) mass is 505 g/mol. The number of nitrogens with one attached hydrogen (secondary N) is 2. The molecule has 0 fully saturated rings. The Balaban J connectivity index is 1.35. The number of allylic oxidation sites excluding steroid dienone is 1. The van der Waals surface area contributed by atoms with Gasteiger partial charge in [0.2, 0.25) is 11.8 Å². The summed E-state index contributed by atoms with van der Waals surface area (Å²) >= 11 is 0. The van der Waals surface area contributed by atoms with Gasteiger partial charge in [-0.3, -0.25) is 9.59 Å². The van der Waals surface area contributed by atoms with Crippen LogP contribution in [0.2, 0.25) is 0 Å². The summed E-state index contributed by atoms with van der Waals surface area (Å²) in [6.45, 7) is 0.145. The Bertz CT molecular complexity index is 1620. The lowest BCUT2D eigenvalue weighted by Gasteiger charge is -2.25. The lowest BCUT2D eigenvalue weighted by molar-refractivity contribution is -0.467. The zero-order valence-electron chi connectivity index (χ0n) is 20.7. The number of oxazole rings is 1. The number of hydrogen-bond donors (Lipinski definition) is 2. The average molecular weight is 506 g/mol. The van der Waals surface area contributed by atoms with Gasteiger partial charge in [-0.2, -0.15) is 0 Å². The molecule has 6 rings (SSSR count). The van der Waals surface area contributed by atoms with Crippen LogP contribution in [0.15, 0.2) is 95.1 Å². The maximum Gasteiger partial charge on any atom is 0.299 e. The number of para-hydroxylation sites is 1. The van der Waals surface area contributed by atoms with Crippen LogP contribution in [0.5, 0.6) is 11.5 Å². The molecule has 1 atom stereocenters. The number of benzene rings is 3. The van der Waals surface area contributed by atoms with Gasteiger partial charge in [-0.05, 0) is 29.8 Å². The van der Waals surface area contributed by atoms with Crippen LogP contribution in [0.4, 0.5) is 0 Å². The smallest absolute Gasteiger partial charge is 0.299 e. The number of amides is 2. The summed E-state index contributed by atoms with van der Waals surface area (Å²) < 4.78 is 12.4. The number of carbonyl (C=O) groups excluding carboxylic acids is 2. The van der Waals surface area contributed by atoms with Gasteiger partial charge < -0.3 is 19.4 Å². The molecule has 38 heavy (non-hydrogen) atoms. The van der Waals surface area contributed by atoms with Crippen molar-refractivity contribution in [2.24, 2.45) is 0 Å². The topological polar surface area (TPSA) is 98.6 Å². The molecule has 4 aromatic rings. The number of fused-ring (bicyclic) bond motifs is 2. The third-order valence-corrected chi connectivity index (χ3v) is 6.52. The molecule has 1 unspecified atom stereocenters. The van der Waals surface area contributed by atoms with Crippen LogP contribution in [0.3, 0.4) is 0 Å². The van der Waals surface area contributed by atoms with Crippen molar-refractivity contribution in [3.8, 4) is 11.5 Å². The van der Waals surface area contributed by atoms with Crippen LogP contribution in [-0.4, -0.2) is 41.0 Å². The van der Waals surface area contributed by atoms with Crippen molar-refractivity contribution in [3.63, 3.8) is 0 Å². The second-order valence-corrected chi connectivity index (χ2v) is 9.13. The quantitative estimate of drug-likeness (QED) is 0.403. The van der Waals surface area contributed by atoms with E-state index in [1.807, 2.05) is 85.1 Å². The fourth-order valence-electron chi connectivity index (χ4n) is 4.66. The first kappa shape index (κ1) is 23.4. The SMILES string of the molecule is CN1C=C(c2ccc3oc(CNC(=O)Cc4ccccc4)nc3c2Oc2ccccc2)C2=CC=[NH+]C2C1=O. The van der Waals surface area contributed by atoms with E-state index in [0.717, 1.165) is 22.3 Å². The highest BCUT2D eigenvalue weighted by Crippen LogP contribution is 2.41. The van der Waals surface area contributed by atoms with Crippen LogP contribution in [0.25, 0.3) is 16.7 Å². The van der Waals surface area contributed by atoms with Crippen molar-refractivity contribution >= 4 is 34.7 Å². The molecule has 188 valence electrons. The number of ether oxygens (including phenoxy) is 1. The Labute approximate surface area is 219 Å². The van der Waals surface area contributed by atoms with Crippen LogP contribution < -0.4 is 15.0 Å². The van der Waals surface area contributed by atoms with Gasteiger partial charge in [0.25, 0.3) is 11.9 Å². The highest BCUT2D eigenvalue weighted by atomic mass is 16.5. The van der Waals surface area contributed by atoms with Gasteiger partial charge in [-0.15, -0.1) is 0 Å². The van der Waals surface area contributed by atoms with E-state index in [1.54, 1.807) is 18.2 Å². The summed E-state index contributed by atoms with van der Waals surface area (Å²) in [7, 11) is 1.74. The zero-order chi connectivity index (χ0) is 26.1. The molecular weight excluding hydrogens is 480 g/mol. The van der Waals surface area contributed by atoms with Gasteiger partial charge in [-0.1, -0.05) is 48.5 Å². The second kappa shape index (κ2) is 9.82. The van der Waals surface area contributed by atoms with E-state index in [-0.39, 0.29) is 24.8 Å². The molecule has 0 saturated heterocycles. The average Bonchev–Trinajstić information content (AvgIpc) is 3.59. The van der Waals surface area contributed by atoms with Gasteiger partial charge in [0.05, 0.1) is 13.0 Å². The minimum Gasteiger partial charge on any atom is -0.454 e. The fraction of sp³-hybridized carbons (Fsp3) is 0.133. The van der Waals surface area contributed by atoms with Gasteiger partial charge in [0.1, 0.15) is 5.75 Å². The van der Waals surface area contributed by atoms with Gasteiger partial charge >= 0.3 is 0 Å². The van der Waals surface area contributed by atoms with Gasteiger partial charge in [-0.25, -0.2) is 9.98 Å². The summed E-state index contributed by atoms with van der Waals surface area (Å²) in [5.74, 6) is 1.37. The van der Waals surface area contributed by atoms with Crippen LogP contribution in [0.1, 0.15) is 17.0 Å². The molecule has 0 radical (unpaired) electrons. The normalized spacial score (nSPS) is 16.3. The molecule has 3 aromatic carbocycles. The lowest BCUT2D eigenvalue weighted by atomic mass is 9.90. The van der Waals surface area contributed by atoms with E-state index in [2.05, 4.69) is 10.3 Å². The third kappa shape index (κ3) is 4.48. The first-order valence-electron chi connectivity index (χ1n) is 12.3. The molecule has 0 spiro atoms. The van der Waals surface area contributed by atoms with Gasteiger partial charge in [0.15, 0.2) is 23.1 Å². The summed E-state index contributed by atoms with van der Waals surface area (Å²) in [6, 6.07) is 22.3. The van der Waals surface area contributed by atoms with Crippen molar-refractivity contribution in [1.82, 2.24) is 15.2 Å². The Hall–Kier alpha value is -4.98. The van der Waals surface area contributed by atoms with E-state index in [4.69, 9.17) is 14.1 Å². The summed E-state index contributed by atoms with van der Waals surface area (Å²) in [4.78, 5) is 34.6. The maximum atomic E-state index is 12.7. The molecule has 8 nitrogen and oxygen atoms in total. The van der Waals surface area contributed by atoms with Crippen LogP contribution >= 0.6 is 0 Å². The van der Waals surface area contributed by atoms with Crippen molar-refractivity contribution in [2.45, 2.75) is 19.0 Å². The van der Waals surface area contributed by atoms with Crippen molar-refractivity contribution in [2.75, 3.05) is 7.05 Å². The van der Waals surface area contributed by atoms with E-state index >= 15 is 0 Å². The predicted molar refractivity (Wildman–Crippen MR) is 142 cm³/mol. The predicted octanol–water partition coefficient (Wildman–Crippen LogP) is 2.75. The molecule has 1 aromatic heterocycles. The number of hydrogen-bond acceptors (Lipinski definition) is 5. The Morgan fingerprint density at radius 1 is 1.08 bits per heavy atom. The van der Waals surface area contributed by atoms with Crippen LogP contribution in [0, 0.1) is 0 Å². The Morgan fingerprint density at radius 3 is 2.63 bits per heavy atom. The minimum absolute atomic E-state index is 0.0321. The Morgan fingerprint density at radius 2 is 1.84 bits per heavy atom. The molecule has 2 N–H and O–H groups in total. The highest BCUT2D eigenvalue weighted by molar-refractivity contribution is 6.03. The molecule has 0 aliphatic carbocycles. The maximum absolute atomic E-state index is 12.7. The summed E-state index contributed by atoms with van der Waals surface area (Å²) in [5, 5.41) is 2.88. The number of likely N-dealkylation sites (N-methyl/N-ethyl adjacent to an activating group) is 1. The number of aromatic nitrogens is 1. The molecule has 2 aliphatic rings. The van der Waals surface area contributed by atoms with E-state index in [0.29, 0.717) is 28.5 Å². The number of carbonyl (C=O) groups is 2. The molecule has 2 aliphatic heterocycles. The lowest BCUT2D eigenvalue weighted by Crippen LogP contribution is -2.78. The van der Waals surface area contributed by atoms with Gasteiger partial charge in [0, 0.05) is 36.0 Å². The Kier molecular flexibility index (Phi) is 6.05.